The van der Waals surface area contributed by atoms with Crippen molar-refractivity contribution in [1.82, 2.24) is 0 Å². The Hall–Kier alpha value is -0.343. The van der Waals surface area contributed by atoms with Crippen LogP contribution in [0.5, 0.6) is 0 Å². The molecule has 1 aliphatic rings. The molecule has 1 unspecified atom stereocenters. The molecule has 1 rings (SSSR count). The first-order chi connectivity index (χ1) is 5.33. The molecular weight excluding hydrogens is 152 g/mol. The van der Waals surface area contributed by atoms with Gasteiger partial charge in [-0.05, 0) is 12.8 Å². The lowest BCUT2D eigenvalue weighted by Gasteiger charge is -2.09. The molecule has 0 saturated heterocycles. The first kappa shape index (κ1) is 8.75. The summed E-state index contributed by atoms with van der Waals surface area (Å²) in [6.07, 6.45) is 4.58. The van der Waals surface area contributed by atoms with Crippen LogP contribution in [0.3, 0.4) is 0 Å². The van der Waals surface area contributed by atoms with Crippen LogP contribution in [-0.2, 0) is 4.43 Å². The highest BCUT2D eigenvalue weighted by molar-refractivity contribution is 6.67. The standard InChI is InChI=1S/C9H16OSi/c1-4-8-6-7-11(10-3)9(8)5-2/h6-7,11H,4-5H2,1-3H3. The third-order valence-electron chi connectivity index (χ3n) is 2.24. The Labute approximate surface area is 70.5 Å². The number of rotatable bonds is 3. The molecule has 0 radical (unpaired) electrons. The van der Waals surface area contributed by atoms with E-state index in [1.165, 1.54) is 12.0 Å². The fourth-order valence-electron chi connectivity index (χ4n) is 1.60. The Bertz CT molecular complexity index is 194. The summed E-state index contributed by atoms with van der Waals surface area (Å²) < 4.78 is 5.44. The van der Waals surface area contributed by atoms with Crippen molar-refractivity contribution in [3.63, 3.8) is 0 Å². The van der Waals surface area contributed by atoms with Crippen molar-refractivity contribution in [2.75, 3.05) is 7.11 Å². The SMILES string of the molecule is CCC1=C(CC)[SiH](OC)C=C1. The van der Waals surface area contributed by atoms with Crippen LogP contribution >= 0.6 is 0 Å². The van der Waals surface area contributed by atoms with Gasteiger partial charge in [-0.1, -0.05) is 36.4 Å². The number of hydrogen-bond donors (Lipinski definition) is 0. The van der Waals surface area contributed by atoms with E-state index in [0.29, 0.717) is 0 Å². The van der Waals surface area contributed by atoms with Gasteiger partial charge in [-0.3, -0.25) is 0 Å². The van der Waals surface area contributed by atoms with Crippen LogP contribution in [0.2, 0.25) is 0 Å². The zero-order valence-electron chi connectivity index (χ0n) is 7.55. The number of hydrogen-bond acceptors (Lipinski definition) is 1. The Balaban J connectivity index is 2.77. The minimum absolute atomic E-state index is 1.05. The summed E-state index contributed by atoms with van der Waals surface area (Å²) in [6.45, 7) is 4.43. The summed E-state index contributed by atoms with van der Waals surface area (Å²) in [5.41, 5.74) is 3.79. The summed E-state index contributed by atoms with van der Waals surface area (Å²) in [7, 11) is 0.777. The van der Waals surface area contributed by atoms with Gasteiger partial charge in [0.15, 0.2) is 0 Å². The molecule has 11 heavy (non-hydrogen) atoms. The predicted molar refractivity (Wildman–Crippen MR) is 50.9 cm³/mol. The van der Waals surface area contributed by atoms with Crippen LogP contribution in [0.25, 0.3) is 0 Å². The van der Waals surface area contributed by atoms with Gasteiger partial charge >= 0.3 is 0 Å². The summed E-state index contributed by atoms with van der Waals surface area (Å²) in [4.78, 5) is 0. The molecule has 0 bridgehead atoms. The van der Waals surface area contributed by atoms with Crippen molar-refractivity contribution in [3.05, 3.63) is 22.5 Å². The molecular formula is C9H16OSi. The van der Waals surface area contributed by atoms with E-state index in [4.69, 9.17) is 4.43 Å². The van der Waals surface area contributed by atoms with E-state index in [9.17, 15) is 0 Å². The Kier molecular flexibility index (Phi) is 3.09. The second-order valence-electron chi connectivity index (χ2n) is 2.77. The van der Waals surface area contributed by atoms with Crippen LogP contribution in [0.15, 0.2) is 22.5 Å². The maximum absolute atomic E-state index is 5.44. The van der Waals surface area contributed by atoms with Crippen LogP contribution < -0.4 is 0 Å². The Morgan fingerprint density at radius 1 is 1.36 bits per heavy atom. The largest absolute Gasteiger partial charge is 0.415 e. The molecule has 1 aliphatic heterocycles. The molecule has 1 heterocycles. The molecule has 0 aromatic carbocycles. The van der Waals surface area contributed by atoms with Gasteiger partial charge in [0.25, 0.3) is 0 Å². The zero-order chi connectivity index (χ0) is 8.27. The molecule has 0 amide bonds. The van der Waals surface area contributed by atoms with Crippen molar-refractivity contribution >= 4 is 9.04 Å². The molecule has 0 saturated carbocycles. The first-order valence-corrected chi connectivity index (χ1v) is 5.97. The van der Waals surface area contributed by atoms with Crippen LogP contribution in [0, 0.1) is 0 Å². The Morgan fingerprint density at radius 3 is 2.55 bits per heavy atom. The van der Waals surface area contributed by atoms with Crippen molar-refractivity contribution in [1.29, 1.82) is 0 Å². The molecule has 0 fully saturated rings. The third kappa shape index (κ3) is 1.63. The smallest absolute Gasteiger partial charge is 0.228 e. The van der Waals surface area contributed by atoms with Crippen LogP contribution in [0.4, 0.5) is 0 Å². The molecule has 0 aromatic rings. The van der Waals surface area contributed by atoms with Gasteiger partial charge in [0.2, 0.25) is 9.04 Å². The van der Waals surface area contributed by atoms with Crippen LogP contribution in [0.1, 0.15) is 26.7 Å². The normalized spacial score (nSPS) is 23.4. The summed E-state index contributed by atoms with van der Waals surface area (Å²) >= 11 is 0. The van der Waals surface area contributed by atoms with E-state index in [0.717, 1.165) is 6.42 Å². The van der Waals surface area contributed by atoms with E-state index in [1.807, 2.05) is 7.11 Å². The molecule has 0 spiro atoms. The van der Waals surface area contributed by atoms with Gasteiger partial charge in [0.05, 0.1) is 0 Å². The maximum Gasteiger partial charge on any atom is 0.228 e. The van der Waals surface area contributed by atoms with E-state index >= 15 is 0 Å². The lowest BCUT2D eigenvalue weighted by Crippen LogP contribution is -2.14. The van der Waals surface area contributed by atoms with Gasteiger partial charge in [-0.25, -0.2) is 0 Å². The molecule has 1 nitrogen and oxygen atoms in total. The van der Waals surface area contributed by atoms with Crippen molar-refractivity contribution < 1.29 is 4.43 Å². The van der Waals surface area contributed by atoms with E-state index in [2.05, 4.69) is 25.6 Å². The molecule has 2 heteroatoms. The molecule has 0 aromatic heterocycles. The minimum atomic E-state index is -1.05. The first-order valence-electron chi connectivity index (χ1n) is 4.26. The highest BCUT2D eigenvalue weighted by atomic mass is 28.3. The van der Waals surface area contributed by atoms with Crippen molar-refractivity contribution in [2.24, 2.45) is 0 Å². The second-order valence-corrected chi connectivity index (χ2v) is 5.17. The molecule has 0 N–H and O–H groups in total. The maximum atomic E-state index is 5.44. The van der Waals surface area contributed by atoms with E-state index in [-0.39, 0.29) is 0 Å². The highest BCUT2D eigenvalue weighted by Crippen LogP contribution is 2.23. The minimum Gasteiger partial charge on any atom is -0.415 e. The van der Waals surface area contributed by atoms with Gasteiger partial charge < -0.3 is 4.43 Å². The van der Waals surface area contributed by atoms with Gasteiger partial charge in [0.1, 0.15) is 0 Å². The molecule has 0 aliphatic carbocycles. The summed E-state index contributed by atoms with van der Waals surface area (Å²) in [6, 6.07) is 0. The van der Waals surface area contributed by atoms with Crippen LogP contribution in [-0.4, -0.2) is 16.2 Å². The van der Waals surface area contributed by atoms with Gasteiger partial charge in [0, 0.05) is 7.11 Å². The average Bonchev–Trinajstić information content (AvgIpc) is 2.45. The lowest BCUT2D eigenvalue weighted by atomic mass is 10.2. The lowest BCUT2D eigenvalue weighted by molar-refractivity contribution is 0.434. The number of allylic oxidation sites excluding steroid dienone is 3. The van der Waals surface area contributed by atoms with Gasteiger partial charge in [-0.15, -0.1) is 0 Å². The molecule has 1 atom stereocenters. The highest BCUT2D eigenvalue weighted by Gasteiger charge is 2.18. The van der Waals surface area contributed by atoms with E-state index in [1.54, 1.807) is 5.20 Å². The fraction of sp³-hybridized carbons (Fsp3) is 0.556. The second kappa shape index (κ2) is 3.88. The monoisotopic (exact) mass is 168 g/mol. The van der Waals surface area contributed by atoms with Crippen molar-refractivity contribution in [3.8, 4) is 0 Å². The fourth-order valence-corrected chi connectivity index (χ4v) is 3.75. The molecule has 62 valence electrons. The summed E-state index contributed by atoms with van der Waals surface area (Å²) in [5.74, 6) is 0. The summed E-state index contributed by atoms with van der Waals surface area (Å²) in [5, 5.41) is 1.59. The third-order valence-corrected chi connectivity index (χ3v) is 4.76. The average molecular weight is 168 g/mol. The van der Waals surface area contributed by atoms with Crippen molar-refractivity contribution in [2.45, 2.75) is 26.7 Å². The van der Waals surface area contributed by atoms with Gasteiger partial charge in [-0.2, -0.15) is 0 Å². The topological polar surface area (TPSA) is 9.23 Å². The predicted octanol–water partition coefficient (Wildman–Crippen LogP) is 2.12. The Morgan fingerprint density at radius 2 is 2.09 bits per heavy atom. The van der Waals surface area contributed by atoms with E-state index < -0.39 is 9.04 Å². The quantitative estimate of drug-likeness (QED) is 0.587. The zero-order valence-corrected chi connectivity index (χ0v) is 8.71.